The van der Waals surface area contributed by atoms with Gasteiger partial charge in [0.15, 0.2) is 0 Å². The third kappa shape index (κ3) is 3.05. The van der Waals surface area contributed by atoms with Crippen LogP contribution >= 0.6 is 0 Å². The number of para-hydroxylation sites is 1. The largest absolute Gasteiger partial charge is 0.326 e. The van der Waals surface area contributed by atoms with E-state index < -0.39 is 0 Å². The van der Waals surface area contributed by atoms with Crippen molar-refractivity contribution < 1.29 is 14.4 Å². The number of hydrogen-bond donors (Lipinski definition) is 1. The van der Waals surface area contributed by atoms with Crippen LogP contribution in [0.4, 0.5) is 5.69 Å². The Morgan fingerprint density at radius 1 is 0.893 bits per heavy atom. The molecule has 28 heavy (non-hydrogen) atoms. The molecule has 0 aliphatic carbocycles. The van der Waals surface area contributed by atoms with Crippen molar-refractivity contribution in [3.05, 3.63) is 77.4 Å². The highest BCUT2D eigenvalue weighted by Gasteiger charge is 2.32. The molecule has 0 bridgehead atoms. The number of anilines is 1. The average Bonchev–Trinajstić information content (AvgIpc) is 2.72. The van der Waals surface area contributed by atoms with Crippen LogP contribution in [-0.4, -0.2) is 29.2 Å². The molecule has 4 rings (SSSR count). The summed E-state index contributed by atoms with van der Waals surface area (Å²) < 4.78 is 0. The van der Waals surface area contributed by atoms with E-state index in [-0.39, 0.29) is 30.7 Å². The number of amides is 3. The van der Waals surface area contributed by atoms with Crippen molar-refractivity contribution in [3.8, 4) is 0 Å². The van der Waals surface area contributed by atoms with E-state index in [1.165, 1.54) is 4.90 Å². The molecular weight excluding hydrogens is 352 g/mol. The molecule has 1 aliphatic rings. The summed E-state index contributed by atoms with van der Waals surface area (Å²) in [5, 5.41) is 4.44. The molecule has 3 amide bonds. The van der Waals surface area contributed by atoms with Gasteiger partial charge in [0.2, 0.25) is 5.91 Å². The van der Waals surface area contributed by atoms with Crippen LogP contribution in [0.2, 0.25) is 0 Å². The van der Waals surface area contributed by atoms with Gasteiger partial charge in [-0.25, -0.2) is 0 Å². The fourth-order valence-corrected chi connectivity index (χ4v) is 3.66. The van der Waals surface area contributed by atoms with E-state index in [1.54, 1.807) is 12.1 Å². The van der Waals surface area contributed by atoms with Gasteiger partial charge in [-0.2, -0.15) is 0 Å². The standard InChI is InChI=1S/C23H20N2O3/c1-2-15-7-3-4-12-19(15)24-20(26)13-14-25-22(27)17-10-5-8-16-9-6-11-18(21(16)17)23(25)28/h3-12H,2,13-14H2,1H3,(H,24,26). The summed E-state index contributed by atoms with van der Waals surface area (Å²) in [5.74, 6) is -0.925. The molecule has 0 aromatic heterocycles. The smallest absolute Gasteiger partial charge is 0.261 e. The highest BCUT2D eigenvalue weighted by Crippen LogP contribution is 2.30. The van der Waals surface area contributed by atoms with Crippen LogP contribution in [0.5, 0.6) is 0 Å². The normalized spacial score (nSPS) is 13.1. The Kier molecular flexibility index (Phi) is 4.65. The van der Waals surface area contributed by atoms with E-state index >= 15 is 0 Å². The Bertz CT molecular complexity index is 1050. The maximum absolute atomic E-state index is 12.9. The molecule has 5 heteroatoms. The lowest BCUT2D eigenvalue weighted by Gasteiger charge is -2.27. The Balaban J connectivity index is 1.52. The van der Waals surface area contributed by atoms with Crippen molar-refractivity contribution in [2.75, 3.05) is 11.9 Å². The molecule has 0 unspecified atom stereocenters. The number of imide groups is 1. The first kappa shape index (κ1) is 17.9. The highest BCUT2D eigenvalue weighted by molar-refractivity contribution is 6.25. The second-order valence-corrected chi connectivity index (χ2v) is 6.78. The van der Waals surface area contributed by atoms with Crippen molar-refractivity contribution in [2.45, 2.75) is 19.8 Å². The predicted molar refractivity (Wildman–Crippen MR) is 108 cm³/mol. The summed E-state index contributed by atoms with van der Waals surface area (Å²) in [6.07, 6.45) is 0.855. The fraction of sp³-hybridized carbons (Fsp3) is 0.174. The lowest BCUT2D eigenvalue weighted by atomic mass is 9.94. The molecule has 1 heterocycles. The summed E-state index contributed by atoms with van der Waals surface area (Å²) in [7, 11) is 0. The monoisotopic (exact) mass is 372 g/mol. The van der Waals surface area contributed by atoms with Crippen LogP contribution in [-0.2, 0) is 11.2 Å². The molecule has 1 N–H and O–H groups in total. The van der Waals surface area contributed by atoms with E-state index in [1.807, 2.05) is 55.5 Å². The minimum absolute atomic E-state index is 0.0442. The highest BCUT2D eigenvalue weighted by atomic mass is 16.2. The zero-order valence-electron chi connectivity index (χ0n) is 15.6. The molecule has 5 nitrogen and oxygen atoms in total. The second-order valence-electron chi connectivity index (χ2n) is 6.78. The number of carbonyl (C=O) groups is 3. The van der Waals surface area contributed by atoms with E-state index in [4.69, 9.17) is 0 Å². The van der Waals surface area contributed by atoms with Gasteiger partial charge in [0.1, 0.15) is 0 Å². The van der Waals surface area contributed by atoms with Crippen LogP contribution in [0.15, 0.2) is 60.7 Å². The first-order valence-corrected chi connectivity index (χ1v) is 9.36. The third-order valence-corrected chi connectivity index (χ3v) is 5.09. The fourth-order valence-electron chi connectivity index (χ4n) is 3.66. The molecule has 3 aromatic rings. The average molecular weight is 372 g/mol. The van der Waals surface area contributed by atoms with Gasteiger partial charge in [-0.15, -0.1) is 0 Å². The zero-order valence-corrected chi connectivity index (χ0v) is 15.6. The number of carbonyl (C=O) groups excluding carboxylic acids is 3. The van der Waals surface area contributed by atoms with Gasteiger partial charge in [0.25, 0.3) is 11.8 Å². The van der Waals surface area contributed by atoms with Crippen LogP contribution < -0.4 is 5.32 Å². The molecule has 0 radical (unpaired) electrons. The summed E-state index contributed by atoms with van der Waals surface area (Å²) in [5.41, 5.74) is 2.82. The molecule has 0 spiro atoms. The van der Waals surface area contributed by atoms with Crippen molar-refractivity contribution >= 4 is 34.2 Å². The van der Waals surface area contributed by atoms with Crippen molar-refractivity contribution in [2.24, 2.45) is 0 Å². The molecule has 0 saturated carbocycles. The first-order valence-electron chi connectivity index (χ1n) is 9.36. The van der Waals surface area contributed by atoms with Gasteiger partial charge < -0.3 is 5.32 Å². The van der Waals surface area contributed by atoms with Crippen LogP contribution in [0.3, 0.4) is 0 Å². The number of rotatable bonds is 5. The molecule has 0 fully saturated rings. The minimum atomic E-state index is -0.351. The van der Waals surface area contributed by atoms with Gasteiger partial charge in [-0.3, -0.25) is 19.3 Å². The van der Waals surface area contributed by atoms with Gasteiger partial charge in [-0.1, -0.05) is 49.4 Å². The van der Waals surface area contributed by atoms with E-state index in [0.29, 0.717) is 16.5 Å². The topological polar surface area (TPSA) is 66.5 Å². The van der Waals surface area contributed by atoms with Gasteiger partial charge in [0, 0.05) is 35.2 Å². The maximum atomic E-state index is 12.9. The summed E-state index contributed by atoms with van der Waals surface area (Å²) in [6, 6.07) is 18.4. The summed E-state index contributed by atoms with van der Waals surface area (Å²) in [4.78, 5) is 39.3. The minimum Gasteiger partial charge on any atom is -0.326 e. The summed E-state index contributed by atoms with van der Waals surface area (Å²) >= 11 is 0. The quantitative estimate of drug-likeness (QED) is 0.688. The number of benzene rings is 3. The van der Waals surface area contributed by atoms with E-state index in [9.17, 15) is 14.4 Å². The Morgan fingerprint density at radius 2 is 1.54 bits per heavy atom. The molecule has 0 saturated heterocycles. The van der Waals surface area contributed by atoms with Crippen LogP contribution in [0.25, 0.3) is 10.8 Å². The van der Waals surface area contributed by atoms with Crippen LogP contribution in [0, 0.1) is 0 Å². The number of nitrogens with zero attached hydrogens (tertiary/aromatic N) is 1. The molecule has 140 valence electrons. The third-order valence-electron chi connectivity index (χ3n) is 5.09. The second kappa shape index (κ2) is 7.27. The Hall–Kier alpha value is -3.47. The maximum Gasteiger partial charge on any atom is 0.261 e. The molecule has 1 aliphatic heterocycles. The van der Waals surface area contributed by atoms with Gasteiger partial charge in [-0.05, 0) is 35.6 Å². The van der Waals surface area contributed by atoms with E-state index in [0.717, 1.165) is 23.1 Å². The molecular formula is C23H20N2O3. The van der Waals surface area contributed by atoms with E-state index in [2.05, 4.69) is 5.32 Å². The van der Waals surface area contributed by atoms with Crippen LogP contribution in [0.1, 0.15) is 39.6 Å². The van der Waals surface area contributed by atoms with Gasteiger partial charge in [0.05, 0.1) is 0 Å². The van der Waals surface area contributed by atoms with Gasteiger partial charge >= 0.3 is 0 Å². The number of hydrogen-bond acceptors (Lipinski definition) is 3. The zero-order chi connectivity index (χ0) is 19.7. The number of aryl methyl sites for hydroxylation is 1. The van der Waals surface area contributed by atoms with Crippen molar-refractivity contribution in [1.82, 2.24) is 4.90 Å². The summed E-state index contributed by atoms with van der Waals surface area (Å²) in [6.45, 7) is 2.07. The molecule has 3 aromatic carbocycles. The lowest BCUT2D eigenvalue weighted by Crippen LogP contribution is -2.41. The molecule has 0 atom stereocenters. The number of nitrogens with one attached hydrogen (secondary N) is 1. The lowest BCUT2D eigenvalue weighted by molar-refractivity contribution is -0.116. The first-order chi connectivity index (χ1) is 13.6. The Morgan fingerprint density at radius 3 is 2.18 bits per heavy atom. The predicted octanol–water partition coefficient (Wildman–Crippen LogP) is 4.03. The van der Waals surface area contributed by atoms with Crippen molar-refractivity contribution in [1.29, 1.82) is 0 Å². The Labute approximate surface area is 163 Å². The SMILES string of the molecule is CCc1ccccc1NC(=O)CCN1C(=O)c2cccc3cccc(c23)C1=O. The van der Waals surface area contributed by atoms with Crippen molar-refractivity contribution in [3.63, 3.8) is 0 Å².